The number of hydrogen-bond donors (Lipinski definition) is 1. The van der Waals surface area contributed by atoms with Gasteiger partial charge in [0.05, 0.1) is 11.2 Å². The van der Waals surface area contributed by atoms with E-state index >= 15 is 0 Å². The fourth-order valence-electron chi connectivity index (χ4n) is 2.42. The first-order valence-electron chi connectivity index (χ1n) is 7.45. The van der Waals surface area contributed by atoms with Gasteiger partial charge in [-0.15, -0.1) is 11.3 Å². The van der Waals surface area contributed by atoms with Crippen LogP contribution in [0.5, 0.6) is 0 Å². The Morgan fingerprint density at radius 2 is 2.10 bits per heavy atom. The van der Waals surface area contributed by atoms with Crippen LogP contribution in [0.3, 0.4) is 0 Å². The third-order valence-electron chi connectivity index (χ3n) is 3.38. The predicted molar refractivity (Wildman–Crippen MR) is 87.1 cm³/mol. The summed E-state index contributed by atoms with van der Waals surface area (Å²) in [4.78, 5) is 4.38. The molecule has 0 saturated carbocycles. The third kappa shape index (κ3) is 5.94. The van der Waals surface area contributed by atoms with E-state index in [9.17, 15) is 4.39 Å². The smallest absolute Gasteiger partial charge is 0.123 e. The van der Waals surface area contributed by atoms with Crippen molar-refractivity contribution in [3.05, 3.63) is 52.2 Å². The summed E-state index contributed by atoms with van der Waals surface area (Å²) >= 11 is 1.63. The van der Waals surface area contributed by atoms with E-state index in [2.05, 4.69) is 29.5 Å². The minimum absolute atomic E-state index is 0.157. The Labute approximate surface area is 130 Å². The lowest BCUT2D eigenvalue weighted by molar-refractivity contribution is 0.442. The van der Waals surface area contributed by atoms with Crippen molar-refractivity contribution >= 4 is 11.3 Å². The maximum Gasteiger partial charge on any atom is 0.123 e. The summed E-state index contributed by atoms with van der Waals surface area (Å²) in [5.41, 5.74) is 4.06. The highest BCUT2D eigenvalue weighted by Gasteiger charge is 2.12. The van der Waals surface area contributed by atoms with Gasteiger partial charge in [-0.2, -0.15) is 0 Å². The molecule has 0 saturated heterocycles. The monoisotopic (exact) mass is 306 g/mol. The van der Waals surface area contributed by atoms with Crippen LogP contribution in [-0.4, -0.2) is 18.1 Å². The fraction of sp³-hybridized carbons (Fsp3) is 0.471. The van der Waals surface area contributed by atoms with Crippen molar-refractivity contribution in [1.29, 1.82) is 0 Å². The van der Waals surface area contributed by atoms with Gasteiger partial charge in [-0.3, -0.25) is 0 Å². The number of benzene rings is 1. The SMILES string of the molecule is CC(C)CNCC(Cc1cccc(F)c1)Cc1cscn1. The lowest BCUT2D eigenvalue weighted by Crippen LogP contribution is -2.28. The summed E-state index contributed by atoms with van der Waals surface area (Å²) in [6, 6.07) is 6.91. The molecule has 21 heavy (non-hydrogen) atoms. The molecule has 0 amide bonds. The first-order valence-corrected chi connectivity index (χ1v) is 8.40. The van der Waals surface area contributed by atoms with Crippen molar-refractivity contribution in [3.63, 3.8) is 0 Å². The van der Waals surface area contributed by atoms with Crippen molar-refractivity contribution in [2.45, 2.75) is 26.7 Å². The van der Waals surface area contributed by atoms with E-state index in [1.165, 1.54) is 6.07 Å². The predicted octanol–water partition coefficient (Wildman–Crippen LogP) is 3.93. The quantitative estimate of drug-likeness (QED) is 0.799. The van der Waals surface area contributed by atoms with Gasteiger partial charge >= 0.3 is 0 Å². The maximum atomic E-state index is 13.3. The van der Waals surface area contributed by atoms with Crippen LogP contribution in [0.2, 0.25) is 0 Å². The minimum Gasteiger partial charge on any atom is -0.316 e. The molecule has 1 atom stereocenters. The zero-order valence-corrected chi connectivity index (χ0v) is 13.5. The molecule has 0 fully saturated rings. The zero-order valence-electron chi connectivity index (χ0n) is 12.7. The molecule has 1 aromatic heterocycles. The van der Waals surface area contributed by atoms with Crippen molar-refractivity contribution in [2.24, 2.45) is 11.8 Å². The maximum absolute atomic E-state index is 13.3. The number of thiazole rings is 1. The summed E-state index contributed by atoms with van der Waals surface area (Å²) in [6.45, 7) is 6.35. The zero-order chi connectivity index (χ0) is 15.1. The highest BCUT2D eigenvalue weighted by atomic mass is 32.1. The Balaban J connectivity index is 1.96. The van der Waals surface area contributed by atoms with Gasteiger partial charge in [-0.25, -0.2) is 9.37 Å². The highest BCUT2D eigenvalue weighted by Crippen LogP contribution is 2.15. The average molecular weight is 306 g/mol. The number of halogens is 1. The summed E-state index contributed by atoms with van der Waals surface area (Å²) in [5, 5.41) is 5.61. The lowest BCUT2D eigenvalue weighted by Gasteiger charge is -2.18. The molecule has 1 N–H and O–H groups in total. The van der Waals surface area contributed by atoms with E-state index in [1.807, 2.05) is 11.6 Å². The second-order valence-electron chi connectivity index (χ2n) is 5.94. The number of rotatable bonds is 8. The Hall–Kier alpha value is -1.26. The highest BCUT2D eigenvalue weighted by molar-refractivity contribution is 7.07. The molecule has 1 unspecified atom stereocenters. The van der Waals surface area contributed by atoms with Gasteiger partial charge in [0, 0.05) is 5.38 Å². The van der Waals surface area contributed by atoms with Crippen molar-refractivity contribution in [3.8, 4) is 0 Å². The van der Waals surface area contributed by atoms with E-state index in [1.54, 1.807) is 23.5 Å². The summed E-state index contributed by atoms with van der Waals surface area (Å²) in [5.74, 6) is 0.918. The van der Waals surface area contributed by atoms with E-state index in [4.69, 9.17) is 0 Å². The lowest BCUT2D eigenvalue weighted by atomic mass is 9.94. The van der Waals surface area contributed by atoms with Crippen LogP contribution >= 0.6 is 11.3 Å². The molecule has 0 bridgehead atoms. The Morgan fingerprint density at radius 3 is 2.76 bits per heavy atom. The second kappa shape index (κ2) is 8.25. The molecular weight excluding hydrogens is 283 g/mol. The first kappa shape index (κ1) is 16.1. The van der Waals surface area contributed by atoms with Crippen molar-refractivity contribution in [2.75, 3.05) is 13.1 Å². The van der Waals surface area contributed by atoms with Crippen LogP contribution in [-0.2, 0) is 12.8 Å². The molecule has 1 heterocycles. The van der Waals surface area contributed by atoms with Gasteiger partial charge in [0.15, 0.2) is 0 Å². The van der Waals surface area contributed by atoms with Gasteiger partial charge in [-0.05, 0) is 55.5 Å². The summed E-state index contributed by atoms with van der Waals surface area (Å²) in [7, 11) is 0. The van der Waals surface area contributed by atoms with Crippen LogP contribution in [0.15, 0.2) is 35.2 Å². The molecule has 0 aliphatic heterocycles. The molecule has 1 aromatic carbocycles. The van der Waals surface area contributed by atoms with Gasteiger partial charge in [0.2, 0.25) is 0 Å². The van der Waals surface area contributed by atoms with E-state index in [0.29, 0.717) is 11.8 Å². The first-order chi connectivity index (χ1) is 10.1. The molecule has 4 heteroatoms. The van der Waals surface area contributed by atoms with Gasteiger partial charge in [0.25, 0.3) is 0 Å². The third-order valence-corrected chi connectivity index (χ3v) is 4.02. The minimum atomic E-state index is -0.157. The van der Waals surface area contributed by atoms with E-state index in [0.717, 1.165) is 37.2 Å². The van der Waals surface area contributed by atoms with Crippen molar-refractivity contribution < 1.29 is 4.39 Å². The standard InChI is InChI=1S/C17H23FN2S/c1-13(2)9-19-10-15(8-17-11-21-12-20-17)6-14-4-3-5-16(18)7-14/h3-5,7,11-13,15,19H,6,8-10H2,1-2H3. The molecule has 2 rings (SSSR count). The molecule has 0 aliphatic rings. The fourth-order valence-corrected chi connectivity index (χ4v) is 3.00. The van der Waals surface area contributed by atoms with E-state index in [-0.39, 0.29) is 5.82 Å². The number of nitrogens with one attached hydrogen (secondary N) is 1. The van der Waals surface area contributed by atoms with Crippen LogP contribution < -0.4 is 5.32 Å². The average Bonchev–Trinajstić information content (AvgIpc) is 2.91. The molecule has 2 nitrogen and oxygen atoms in total. The Bertz CT molecular complexity index is 525. The normalized spacial score (nSPS) is 12.8. The molecule has 0 aliphatic carbocycles. The van der Waals surface area contributed by atoms with Crippen LogP contribution in [0.1, 0.15) is 25.1 Å². The second-order valence-corrected chi connectivity index (χ2v) is 6.65. The van der Waals surface area contributed by atoms with Crippen LogP contribution in [0.25, 0.3) is 0 Å². The Kier molecular flexibility index (Phi) is 6.33. The number of hydrogen-bond acceptors (Lipinski definition) is 3. The summed E-state index contributed by atoms with van der Waals surface area (Å²) in [6.07, 6.45) is 1.81. The summed E-state index contributed by atoms with van der Waals surface area (Å²) < 4.78 is 13.3. The van der Waals surface area contributed by atoms with Crippen LogP contribution in [0, 0.1) is 17.7 Å². The molecular formula is C17H23FN2S. The molecule has 2 aromatic rings. The molecule has 0 radical (unpaired) electrons. The van der Waals surface area contributed by atoms with Crippen molar-refractivity contribution in [1.82, 2.24) is 10.3 Å². The topological polar surface area (TPSA) is 24.9 Å². The Morgan fingerprint density at radius 1 is 1.24 bits per heavy atom. The van der Waals surface area contributed by atoms with Crippen LogP contribution in [0.4, 0.5) is 4.39 Å². The van der Waals surface area contributed by atoms with E-state index < -0.39 is 0 Å². The molecule has 114 valence electrons. The molecule has 0 spiro atoms. The largest absolute Gasteiger partial charge is 0.316 e. The number of nitrogens with zero attached hydrogens (tertiary/aromatic N) is 1. The van der Waals surface area contributed by atoms with Gasteiger partial charge in [-0.1, -0.05) is 26.0 Å². The van der Waals surface area contributed by atoms with Gasteiger partial charge in [0.1, 0.15) is 5.82 Å². The number of aromatic nitrogens is 1. The van der Waals surface area contributed by atoms with Gasteiger partial charge < -0.3 is 5.32 Å².